The van der Waals surface area contributed by atoms with Crippen molar-refractivity contribution in [3.8, 4) is 0 Å². The van der Waals surface area contributed by atoms with E-state index in [0.29, 0.717) is 23.7 Å². The number of halogens is 1. The molecular formula is C20H21ClN2O2S. The molecule has 0 spiro atoms. The zero-order valence-corrected chi connectivity index (χ0v) is 16.3. The van der Waals surface area contributed by atoms with Gasteiger partial charge in [-0.25, -0.2) is 4.79 Å². The van der Waals surface area contributed by atoms with Crippen LogP contribution < -0.4 is 5.32 Å². The molecule has 4 nitrogen and oxygen atoms in total. The van der Waals surface area contributed by atoms with Crippen molar-refractivity contribution in [3.05, 3.63) is 79.8 Å². The summed E-state index contributed by atoms with van der Waals surface area (Å²) in [5.41, 5.74) is 3.90. The molecule has 0 aliphatic heterocycles. The van der Waals surface area contributed by atoms with Crippen LogP contribution in [0, 0.1) is 13.8 Å². The first-order chi connectivity index (χ1) is 12.5. The number of rotatable bonds is 7. The van der Waals surface area contributed by atoms with Gasteiger partial charge in [0, 0.05) is 46.5 Å². The lowest BCUT2D eigenvalue weighted by molar-refractivity contribution is 0.0694. The van der Waals surface area contributed by atoms with Crippen molar-refractivity contribution in [2.75, 3.05) is 0 Å². The van der Waals surface area contributed by atoms with E-state index < -0.39 is 5.97 Å². The number of nitrogens with one attached hydrogen (secondary N) is 1. The largest absolute Gasteiger partial charge is 0.478 e. The molecule has 0 atom stereocenters. The zero-order chi connectivity index (χ0) is 18.7. The van der Waals surface area contributed by atoms with Crippen LogP contribution >= 0.6 is 22.9 Å². The quantitative estimate of drug-likeness (QED) is 0.608. The summed E-state index contributed by atoms with van der Waals surface area (Å²) in [6.45, 7) is 5.63. The summed E-state index contributed by atoms with van der Waals surface area (Å²) >= 11 is 7.97. The molecule has 0 saturated carbocycles. The van der Waals surface area contributed by atoms with E-state index in [4.69, 9.17) is 11.6 Å². The van der Waals surface area contributed by atoms with Gasteiger partial charge >= 0.3 is 5.97 Å². The SMILES string of the molecule is Cc1c(CNCc2cccs2)c(C(=O)O)c(C)n1Cc1ccccc1Cl. The summed E-state index contributed by atoms with van der Waals surface area (Å²) in [5, 5.41) is 15.8. The van der Waals surface area contributed by atoms with Gasteiger partial charge in [0.15, 0.2) is 0 Å². The number of benzene rings is 1. The van der Waals surface area contributed by atoms with Gasteiger partial charge in [0.05, 0.1) is 5.56 Å². The molecule has 0 amide bonds. The Morgan fingerprint density at radius 3 is 2.58 bits per heavy atom. The van der Waals surface area contributed by atoms with Gasteiger partial charge in [0.1, 0.15) is 0 Å². The van der Waals surface area contributed by atoms with Crippen molar-refractivity contribution in [1.29, 1.82) is 0 Å². The minimum atomic E-state index is -0.892. The minimum absolute atomic E-state index is 0.383. The lowest BCUT2D eigenvalue weighted by Crippen LogP contribution is -2.15. The monoisotopic (exact) mass is 388 g/mol. The third kappa shape index (κ3) is 3.85. The van der Waals surface area contributed by atoms with Crippen LogP contribution in [0.4, 0.5) is 0 Å². The Balaban J connectivity index is 1.88. The molecule has 0 radical (unpaired) electrons. The Labute approximate surface area is 162 Å². The van der Waals surface area contributed by atoms with Gasteiger partial charge in [0.2, 0.25) is 0 Å². The highest BCUT2D eigenvalue weighted by Crippen LogP contribution is 2.26. The van der Waals surface area contributed by atoms with Gasteiger partial charge in [-0.3, -0.25) is 0 Å². The summed E-state index contributed by atoms with van der Waals surface area (Å²) in [7, 11) is 0. The highest BCUT2D eigenvalue weighted by molar-refractivity contribution is 7.09. The van der Waals surface area contributed by atoms with Crippen LogP contribution in [0.25, 0.3) is 0 Å². The molecule has 2 heterocycles. The van der Waals surface area contributed by atoms with E-state index in [2.05, 4.69) is 11.4 Å². The van der Waals surface area contributed by atoms with E-state index in [0.717, 1.165) is 29.1 Å². The maximum Gasteiger partial charge on any atom is 0.337 e. The minimum Gasteiger partial charge on any atom is -0.478 e. The molecule has 2 aromatic heterocycles. The summed E-state index contributed by atoms with van der Waals surface area (Å²) < 4.78 is 2.03. The summed E-state index contributed by atoms with van der Waals surface area (Å²) in [6.07, 6.45) is 0. The van der Waals surface area contributed by atoms with E-state index in [1.54, 1.807) is 11.3 Å². The second-order valence-electron chi connectivity index (χ2n) is 6.19. The number of carboxylic acids is 1. The fourth-order valence-electron chi connectivity index (χ4n) is 3.21. The number of carbonyl (C=O) groups is 1. The maximum absolute atomic E-state index is 11.9. The fraction of sp³-hybridized carbons (Fsp3) is 0.250. The van der Waals surface area contributed by atoms with Crippen LogP contribution in [-0.4, -0.2) is 15.6 Å². The van der Waals surface area contributed by atoms with Gasteiger partial charge < -0.3 is 15.0 Å². The third-order valence-corrected chi connectivity index (χ3v) is 5.84. The molecule has 0 fully saturated rings. The molecule has 2 N–H and O–H groups in total. The van der Waals surface area contributed by atoms with Crippen LogP contribution in [0.15, 0.2) is 41.8 Å². The second-order valence-corrected chi connectivity index (χ2v) is 7.63. The molecular weight excluding hydrogens is 368 g/mol. The fourth-order valence-corrected chi connectivity index (χ4v) is 4.08. The summed E-state index contributed by atoms with van der Waals surface area (Å²) in [6, 6.07) is 11.7. The third-order valence-electron chi connectivity index (χ3n) is 4.59. The molecule has 0 aliphatic carbocycles. The first-order valence-electron chi connectivity index (χ1n) is 8.37. The molecule has 1 aromatic carbocycles. The Morgan fingerprint density at radius 1 is 1.15 bits per heavy atom. The lowest BCUT2D eigenvalue weighted by Gasteiger charge is -2.11. The Bertz CT molecular complexity index is 916. The van der Waals surface area contributed by atoms with Gasteiger partial charge in [-0.15, -0.1) is 11.3 Å². The maximum atomic E-state index is 11.9. The van der Waals surface area contributed by atoms with Crippen molar-refractivity contribution in [3.63, 3.8) is 0 Å². The highest BCUT2D eigenvalue weighted by atomic mass is 35.5. The second kappa shape index (κ2) is 8.08. The first kappa shape index (κ1) is 18.7. The number of thiophene rings is 1. The lowest BCUT2D eigenvalue weighted by atomic mass is 10.1. The van der Waals surface area contributed by atoms with Gasteiger partial charge in [-0.1, -0.05) is 35.9 Å². The number of aromatic carboxylic acids is 1. The van der Waals surface area contributed by atoms with Crippen LogP contribution in [0.2, 0.25) is 5.02 Å². The number of nitrogens with zero attached hydrogens (tertiary/aromatic N) is 1. The summed E-state index contributed by atoms with van der Waals surface area (Å²) in [4.78, 5) is 13.1. The average molecular weight is 389 g/mol. The molecule has 0 bridgehead atoms. The van der Waals surface area contributed by atoms with E-state index >= 15 is 0 Å². The molecule has 0 aliphatic rings. The number of hydrogen-bond acceptors (Lipinski definition) is 3. The van der Waals surface area contributed by atoms with E-state index in [9.17, 15) is 9.90 Å². The predicted molar refractivity (Wildman–Crippen MR) is 106 cm³/mol. The van der Waals surface area contributed by atoms with Crippen LogP contribution in [-0.2, 0) is 19.6 Å². The topological polar surface area (TPSA) is 54.3 Å². The molecule has 6 heteroatoms. The predicted octanol–water partition coefficient (Wildman–Crippen LogP) is 4.86. The Hall–Kier alpha value is -2.08. The highest BCUT2D eigenvalue weighted by Gasteiger charge is 2.22. The van der Waals surface area contributed by atoms with Crippen molar-refractivity contribution >= 4 is 28.9 Å². The smallest absolute Gasteiger partial charge is 0.337 e. The number of hydrogen-bond donors (Lipinski definition) is 2. The first-order valence-corrected chi connectivity index (χ1v) is 9.63. The Kier molecular flexibility index (Phi) is 5.81. The zero-order valence-electron chi connectivity index (χ0n) is 14.8. The average Bonchev–Trinajstić information content (AvgIpc) is 3.19. The van der Waals surface area contributed by atoms with Gasteiger partial charge in [-0.05, 0) is 36.9 Å². The number of carboxylic acid groups (broad SMARTS) is 1. The van der Waals surface area contributed by atoms with Crippen LogP contribution in [0.1, 0.15) is 37.7 Å². The standard InChI is InChI=1S/C20H21ClN2O2S/c1-13-17(11-22-10-16-7-5-9-26-16)19(20(24)25)14(2)23(13)12-15-6-3-4-8-18(15)21/h3-9,22H,10-12H2,1-2H3,(H,24,25). The molecule has 0 saturated heterocycles. The van der Waals surface area contributed by atoms with Gasteiger partial charge in [0.25, 0.3) is 0 Å². The van der Waals surface area contributed by atoms with Crippen molar-refractivity contribution in [2.24, 2.45) is 0 Å². The molecule has 3 aromatic rings. The van der Waals surface area contributed by atoms with Gasteiger partial charge in [-0.2, -0.15) is 0 Å². The number of aromatic nitrogens is 1. The van der Waals surface area contributed by atoms with E-state index in [1.807, 2.05) is 54.1 Å². The molecule has 0 unspecified atom stereocenters. The van der Waals surface area contributed by atoms with Crippen molar-refractivity contribution < 1.29 is 9.90 Å². The normalized spacial score (nSPS) is 11.0. The molecule has 3 rings (SSSR count). The molecule has 26 heavy (non-hydrogen) atoms. The van der Waals surface area contributed by atoms with Crippen molar-refractivity contribution in [1.82, 2.24) is 9.88 Å². The molecule has 136 valence electrons. The van der Waals surface area contributed by atoms with Crippen LogP contribution in [0.3, 0.4) is 0 Å². The van der Waals surface area contributed by atoms with E-state index in [1.165, 1.54) is 4.88 Å². The summed E-state index contributed by atoms with van der Waals surface area (Å²) in [5.74, 6) is -0.892. The van der Waals surface area contributed by atoms with E-state index in [-0.39, 0.29) is 0 Å². The Morgan fingerprint density at radius 2 is 1.92 bits per heavy atom. The van der Waals surface area contributed by atoms with Crippen LogP contribution in [0.5, 0.6) is 0 Å². The van der Waals surface area contributed by atoms with Crippen molar-refractivity contribution in [2.45, 2.75) is 33.5 Å².